The first-order valence-corrected chi connectivity index (χ1v) is 9.44. The molecule has 4 heteroatoms. The highest BCUT2D eigenvalue weighted by Gasteiger charge is 2.21. The van der Waals surface area contributed by atoms with E-state index in [-0.39, 0.29) is 0 Å². The summed E-state index contributed by atoms with van der Waals surface area (Å²) < 4.78 is 9.36. The van der Waals surface area contributed by atoms with Gasteiger partial charge in [-0.3, -0.25) is 0 Å². The average Bonchev–Trinajstić information content (AvgIpc) is 3.06. The number of imidazole rings is 2. The first kappa shape index (κ1) is 16.8. The van der Waals surface area contributed by atoms with Gasteiger partial charge in [-0.05, 0) is 37.1 Å². The molecule has 0 aliphatic carbocycles. The van der Waals surface area contributed by atoms with Crippen molar-refractivity contribution in [1.29, 1.82) is 0 Å². The molecule has 0 amide bonds. The molecule has 26 heavy (non-hydrogen) atoms. The van der Waals surface area contributed by atoms with E-state index in [9.17, 15) is 0 Å². The topological polar surface area (TPSA) is 17.6 Å². The normalized spacial score (nSPS) is 11.7. The molecule has 2 aromatic heterocycles. The summed E-state index contributed by atoms with van der Waals surface area (Å²) in [5.74, 6) is 2.79. The van der Waals surface area contributed by atoms with Crippen LogP contribution in [0, 0.1) is 0 Å². The van der Waals surface area contributed by atoms with Crippen molar-refractivity contribution >= 4 is 22.1 Å². The van der Waals surface area contributed by atoms with Crippen molar-refractivity contribution in [2.45, 2.75) is 25.7 Å². The van der Waals surface area contributed by atoms with Crippen LogP contribution in [0.4, 0.5) is 0 Å². The van der Waals surface area contributed by atoms with Gasteiger partial charge in [0.2, 0.25) is 0 Å². The summed E-state index contributed by atoms with van der Waals surface area (Å²) in [4.78, 5) is 0. The maximum absolute atomic E-state index is 2.34. The number of rotatable bonds is 5. The Morgan fingerprint density at radius 3 is 1.42 bits per heavy atom. The lowest BCUT2D eigenvalue weighted by molar-refractivity contribution is -0.654. The van der Waals surface area contributed by atoms with Gasteiger partial charge in [-0.25, -0.2) is 18.3 Å². The fourth-order valence-electron chi connectivity index (χ4n) is 4.31. The number of hydrogen-bond donors (Lipinski definition) is 0. The first-order valence-electron chi connectivity index (χ1n) is 9.44. The van der Waals surface area contributed by atoms with Crippen molar-refractivity contribution in [3.8, 4) is 0 Å². The highest BCUT2D eigenvalue weighted by Crippen LogP contribution is 2.16. The highest BCUT2D eigenvalue weighted by atomic mass is 15.1. The molecule has 2 heterocycles. The van der Waals surface area contributed by atoms with E-state index in [1.807, 2.05) is 0 Å². The minimum absolute atomic E-state index is 1.11. The number of benzene rings is 2. The smallest absolute Gasteiger partial charge is 0.230 e. The van der Waals surface area contributed by atoms with E-state index in [1.54, 1.807) is 0 Å². The zero-order valence-corrected chi connectivity index (χ0v) is 16.2. The van der Waals surface area contributed by atoms with E-state index in [0.717, 1.165) is 12.8 Å². The molecule has 0 N–H and O–H groups in total. The summed E-state index contributed by atoms with van der Waals surface area (Å²) in [5.41, 5.74) is 5.24. The molecule has 4 rings (SSSR count). The maximum atomic E-state index is 2.34. The van der Waals surface area contributed by atoms with Gasteiger partial charge in [0.25, 0.3) is 11.6 Å². The van der Waals surface area contributed by atoms with Crippen LogP contribution in [0.3, 0.4) is 0 Å². The van der Waals surface area contributed by atoms with Gasteiger partial charge in [-0.1, -0.05) is 24.3 Å². The van der Waals surface area contributed by atoms with Gasteiger partial charge in [0.1, 0.15) is 0 Å². The molecule has 4 aromatic rings. The fourth-order valence-corrected chi connectivity index (χ4v) is 4.31. The Morgan fingerprint density at radius 2 is 1.04 bits per heavy atom. The van der Waals surface area contributed by atoms with Gasteiger partial charge in [0.05, 0.1) is 28.2 Å². The van der Waals surface area contributed by atoms with E-state index in [1.165, 1.54) is 46.6 Å². The van der Waals surface area contributed by atoms with Crippen LogP contribution in [0.2, 0.25) is 0 Å². The van der Waals surface area contributed by atoms with Gasteiger partial charge in [0.15, 0.2) is 22.1 Å². The van der Waals surface area contributed by atoms with Crippen molar-refractivity contribution < 1.29 is 9.13 Å². The molecule has 0 unspecified atom stereocenters. The number of hydrogen-bond acceptors (Lipinski definition) is 0. The third kappa shape index (κ3) is 2.61. The molecular formula is C22H28N4+2. The van der Waals surface area contributed by atoms with Crippen molar-refractivity contribution in [3.05, 3.63) is 60.2 Å². The zero-order chi connectivity index (χ0) is 18.3. The molecule has 0 radical (unpaired) electrons. The maximum Gasteiger partial charge on any atom is 0.256 e. The summed E-state index contributed by atoms with van der Waals surface area (Å²) in [6, 6.07) is 17.3. The second-order valence-electron chi connectivity index (χ2n) is 7.25. The van der Waals surface area contributed by atoms with Gasteiger partial charge < -0.3 is 0 Å². The summed E-state index contributed by atoms with van der Waals surface area (Å²) >= 11 is 0. The Balaban J connectivity index is 1.48. The van der Waals surface area contributed by atoms with Crippen LogP contribution < -0.4 is 9.13 Å². The van der Waals surface area contributed by atoms with Crippen LogP contribution in [-0.2, 0) is 41.0 Å². The Morgan fingerprint density at radius 1 is 0.654 bits per heavy atom. The largest absolute Gasteiger partial charge is 0.256 e. The van der Waals surface area contributed by atoms with Gasteiger partial charge in [-0.15, -0.1) is 0 Å². The highest BCUT2D eigenvalue weighted by molar-refractivity contribution is 5.72. The van der Waals surface area contributed by atoms with E-state index in [4.69, 9.17) is 0 Å². The summed E-state index contributed by atoms with van der Waals surface area (Å²) in [6.45, 7) is 0. The molecule has 0 atom stereocenters. The molecule has 0 bridgehead atoms. The number of fused-ring (bicyclic) bond motifs is 2. The zero-order valence-electron chi connectivity index (χ0n) is 16.2. The predicted molar refractivity (Wildman–Crippen MR) is 105 cm³/mol. The van der Waals surface area contributed by atoms with E-state index < -0.39 is 0 Å². The molecule has 0 saturated carbocycles. The lowest BCUT2D eigenvalue weighted by Gasteiger charge is -2.00. The Bertz CT molecular complexity index is 919. The minimum atomic E-state index is 1.11. The monoisotopic (exact) mass is 348 g/mol. The van der Waals surface area contributed by atoms with E-state index >= 15 is 0 Å². The number of para-hydroxylation sites is 4. The molecule has 0 saturated heterocycles. The van der Waals surface area contributed by atoms with Crippen molar-refractivity contribution in [3.63, 3.8) is 0 Å². The SMILES string of the molecule is Cn1c(CCCCc2n(C)c3ccccc3[n+]2C)[n+](C)c2ccccc21. The third-order valence-electron chi connectivity index (χ3n) is 5.81. The van der Waals surface area contributed by atoms with Crippen molar-refractivity contribution in [1.82, 2.24) is 9.13 Å². The Hall–Kier alpha value is -2.62. The van der Waals surface area contributed by atoms with Crippen LogP contribution in [0.15, 0.2) is 48.5 Å². The summed E-state index contributed by atoms with van der Waals surface area (Å²) in [5, 5.41) is 0. The van der Waals surface area contributed by atoms with Crippen LogP contribution in [0.1, 0.15) is 24.5 Å². The van der Waals surface area contributed by atoms with Crippen LogP contribution >= 0.6 is 0 Å². The van der Waals surface area contributed by atoms with E-state index in [2.05, 4.69) is 95.0 Å². The van der Waals surface area contributed by atoms with Crippen LogP contribution in [0.5, 0.6) is 0 Å². The lowest BCUT2D eigenvalue weighted by atomic mass is 10.1. The van der Waals surface area contributed by atoms with Gasteiger partial charge in [-0.2, -0.15) is 0 Å². The number of aromatic nitrogens is 4. The van der Waals surface area contributed by atoms with Crippen molar-refractivity contribution in [2.75, 3.05) is 0 Å². The molecular weight excluding hydrogens is 320 g/mol. The summed E-state index contributed by atoms with van der Waals surface area (Å²) in [7, 11) is 8.73. The molecule has 0 aliphatic heterocycles. The van der Waals surface area contributed by atoms with Crippen LogP contribution in [-0.4, -0.2) is 9.13 Å². The third-order valence-corrected chi connectivity index (χ3v) is 5.81. The molecule has 0 spiro atoms. The van der Waals surface area contributed by atoms with Crippen molar-refractivity contribution in [2.24, 2.45) is 28.2 Å². The molecule has 134 valence electrons. The lowest BCUT2D eigenvalue weighted by Crippen LogP contribution is -2.33. The molecule has 0 fully saturated rings. The average molecular weight is 348 g/mol. The standard InChI is InChI=1S/C22H28N4/c1-23-17-11-5-6-12-18(17)24(2)21(23)15-9-10-16-22-25(3)19-13-7-8-14-20(19)26(22)4/h5-8,11-14H,9-10,15-16H2,1-4H3/q+2. The number of nitrogens with zero attached hydrogens (tertiary/aromatic N) is 4. The minimum Gasteiger partial charge on any atom is -0.230 e. The molecule has 2 aromatic carbocycles. The Labute approximate surface area is 154 Å². The molecule has 4 nitrogen and oxygen atoms in total. The second kappa shape index (κ2) is 6.60. The van der Waals surface area contributed by atoms with E-state index in [0.29, 0.717) is 0 Å². The number of unbranched alkanes of at least 4 members (excludes halogenated alkanes) is 1. The van der Waals surface area contributed by atoms with Gasteiger partial charge in [0, 0.05) is 12.8 Å². The quantitative estimate of drug-likeness (QED) is 0.390. The van der Waals surface area contributed by atoms with Gasteiger partial charge >= 0.3 is 0 Å². The van der Waals surface area contributed by atoms with Crippen LogP contribution in [0.25, 0.3) is 22.1 Å². The first-order chi connectivity index (χ1) is 12.6. The summed E-state index contributed by atoms with van der Waals surface area (Å²) in [6.07, 6.45) is 4.60. The molecule has 0 aliphatic rings. The predicted octanol–water partition coefficient (Wildman–Crippen LogP) is 2.88. The Kier molecular flexibility index (Phi) is 4.27. The number of aryl methyl sites for hydroxylation is 4. The second-order valence-corrected chi connectivity index (χ2v) is 7.25. The fraction of sp³-hybridized carbons (Fsp3) is 0.364.